The largest absolute Gasteiger partial charge is 0.411 e. The fourth-order valence-electron chi connectivity index (χ4n) is 0.916. The first kappa shape index (κ1) is 11.1. The number of hydrogen-bond donors (Lipinski definition) is 2. The van der Waals surface area contributed by atoms with Crippen molar-refractivity contribution < 1.29 is 18.8 Å². The molecule has 0 aromatic heterocycles. The number of hydrogen-bond acceptors (Lipinski definition) is 3. The molecule has 0 unspecified atom stereocenters. The van der Waals surface area contributed by atoms with Crippen LogP contribution in [-0.2, 0) is 4.79 Å². The maximum absolute atomic E-state index is 13.0. The highest BCUT2D eigenvalue weighted by Gasteiger charge is 2.06. The molecule has 0 heterocycles. The molecule has 0 aliphatic carbocycles. The maximum atomic E-state index is 13.0. The van der Waals surface area contributed by atoms with Crippen LogP contribution in [0.3, 0.4) is 0 Å². The Bertz CT molecular complexity index is 394. The van der Waals surface area contributed by atoms with Gasteiger partial charge in [-0.1, -0.05) is 0 Å². The molecule has 4 nitrogen and oxygen atoms in total. The number of amides is 1. The Morgan fingerprint density at radius 1 is 1.53 bits per heavy atom. The summed E-state index contributed by atoms with van der Waals surface area (Å²) in [7, 11) is 0. The number of benzene rings is 1. The molecule has 0 spiro atoms. The summed E-state index contributed by atoms with van der Waals surface area (Å²) in [5, 5.41) is 12.8. The Morgan fingerprint density at radius 2 is 2.27 bits per heavy atom. The first-order valence-corrected chi connectivity index (χ1v) is 4.04. The SMILES string of the molecule is O=C(C/C=N/O)Nc1ccc(F)cc1F. The molecule has 1 amide bonds. The van der Waals surface area contributed by atoms with Crippen molar-refractivity contribution in [3.63, 3.8) is 0 Å². The normalized spacial score (nSPS) is 10.5. The summed E-state index contributed by atoms with van der Waals surface area (Å²) < 4.78 is 25.5. The quantitative estimate of drug-likeness (QED) is 0.457. The molecule has 80 valence electrons. The van der Waals surface area contributed by atoms with Gasteiger partial charge in [0.25, 0.3) is 0 Å². The van der Waals surface area contributed by atoms with Crippen LogP contribution in [0.15, 0.2) is 23.4 Å². The molecular formula is C9H8F2N2O2. The Kier molecular flexibility index (Phi) is 3.73. The Balaban J connectivity index is 2.68. The fourth-order valence-corrected chi connectivity index (χ4v) is 0.916. The van der Waals surface area contributed by atoms with E-state index in [1.165, 1.54) is 0 Å². The van der Waals surface area contributed by atoms with Gasteiger partial charge < -0.3 is 10.5 Å². The van der Waals surface area contributed by atoms with E-state index in [9.17, 15) is 13.6 Å². The van der Waals surface area contributed by atoms with E-state index >= 15 is 0 Å². The maximum Gasteiger partial charge on any atom is 0.229 e. The first-order chi connectivity index (χ1) is 7.13. The van der Waals surface area contributed by atoms with Gasteiger partial charge in [0, 0.05) is 6.07 Å². The van der Waals surface area contributed by atoms with Crippen molar-refractivity contribution in [1.82, 2.24) is 0 Å². The Hall–Kier alpha value is -1.98. The predicted molar refractivity (Wildman–Crippen MR) is 49.9 cm³/mol. The number of oxime groups is 1. The van der Waals surface area contributed by atoms with E-state index in [0.717, 1.165) is 18.3 Å². The van der Waals surface area contributed by atoms with Crippen molar-refractivity contribution in [3.8, 4) is 0 Å². The smallest absolute Gasteiger partial charge is 0.229 e. The Labute approximate surface area is 84.2 Å². The predicted octanol–water partition coefficient (Wildman–Crippen LogP) is 1.75. The molecular weight excluding hydrogens is 206 g/mol. The van der Waals surface area contributed by atoms with Crippen molar-refractivity contribution in [2.24, 2.45) is 5.16 Å². The molecule has 0 fully saturated rings. The molecule has 1 aromatic rings. The second-order valence-electron chi connectivity index (χ2n) is 2.67. The summed E-state index contributed by atoms with van der Waals surface area (Å²) in [6.45, 7) is 0. The summed E-state index contributed by atoms with van der Waals surface area (Å²) in [6, 6.07) is 2.80. The van der Waals surface area contributed by atoms with Gasteiger partial charge in [-0.2, -0.15) is 0 Å². The molecule has 6 heteroatoms. The van der Waals surface area contributed by atoms with Crippen molar-refractivity contribution in [2.75, 3.05) is 5.32 Å². The van der Waals surface area contributed by atoms with E-state index < -0.39 is 17.5 Å². The molecule has 0 saturated heterocycles. The van der Waals surface area contributed by atoms with Crippen molar-refractivity contribution in [2.45, 2.75) is 6.42 Å². The zero-order chi connectivity index (χ0) is 11.3. The second kappa shape index (κ2) is 5.04. The Morgan fingerprint density at radius 3 is 2.87 bits per heavy atom. The van der Waals surface area contributed by atoms with Crippen LogP contribution in [0.2, 0.25) is 0 Å². The average molecular weight is 214 g/mol. The van der Waals surface area contributed by atoms with E-state index in [2.05, 4.69) is 10.5 Å². The highest BCUT2D eigenvalue weighted by Crippen LogP contribution is 2.14. The molecule has 0 radical (unpaired) electrons. The van der Waals surface area contributed by atoms with Gasteiger partial charge in [0.1, 0.15) is 11.6 Å². The molecule has 2 N–H and O–H groups in total. The zero-order valence-electron chi connectivity index (χ0n) is 7.58. The topological polar surface area (TPSA) is 61.7 Å². The number of carbonyl (C=O) groups is 1. The lowest BCUT2D eigenvalue weighted by Crippen LogP contribution is -2.12. The van der Waals surface area contributed by atoms with Crippen LogP contribution in [0.1, 0.15) is 6.42 Å². The molecule has 0 aliphatic heterocycles. The summed E-state index contributed by atoms with van der Waals surface area (Å²) >= 11 is 0. The highest BCUT2D eigenvalue weighted by molar-refractivity contribution is 5.98. The van der Waals surface area contributed by atoms with Gasteiger partial charge in [0.2, 0.25) is 5.91 Å². The van der Waals surface area contributed by atoms with Crippen LogP contribution in [0.25, 0.3) is 0 Å². The summed E-state index contributed by atoms with van der Waals surface area (Å²) in [5.41, 5.74) is -0.118. The van der Waals surface area contributed by atoms with Gasteiger partial charge in [0.15, 0.2) is 0 Å². The van der Waals surface area contributed by atoms with Crippen molar-refractivity contribution >= 4 is 17.8 Å². The number of halogens is 2. The highest BCUT2D eigenvalue weighted by atomic mass is 19.1. The van der Waals surface area contributed by atoms with E-state index in [-0.39, 0.29) is 12.1 Å². The fraction of sp³-hybridized carbons (Fsp3) is 0.111. The standard InChI is InChI=1S/C9H8F2N2O2/c10-6-1-2-8(7(11)5-6)13-9(14)3-4-12-15/h1-2,4-5,15H,3H2,(H,13,14)/b12-4+. The summed E-state index contributed by atoms with van der Waals surface area (Å²) in [5.74, 6) is -2.13. The molecule has 0 atom stereocenters. The monoisotopic (exact) mass is 214 g/mol. The number of nitrogens with zero attached hydrogens (tertiary/aromatic N) is 1. The molecule has 0 bridgehead atoms. The van der Waals surface area contributed by atoms with E-state index in [4.69, 9.17) is 5.21 Å². The lowest BCUT2D eigenvalue weighted by molar-refractivity contribution is -0.115. The third-order valence-corrected chi connectivity index (χ3v) is 1.56. The minimum absolute atomic E-state index is 0.118. The average Bonchev–Trinajstić information content (AvgIpc) is 2.19. The number of rotatable bonds is 3. The lowest BCUT2D eigenvalue weighted by Gasteiger charge is -2.04. The first-order valence-electron chi connectivity index (χ1n) is 4.04. The van der Waals surface area contributed by atoms with E-state index in [1.807, 2.05) is 0 Å². The number of nitrogens with one attached hydrogen (secondary N) is 1. The molecule has 1 rings (SSSR count). The molecule has 1 aromatic carbocycles. The van der Waals surface area contributed by atoms with Gasteiger partial charge in [-0.15, -0.1) is 5.16 Å². The third kappa shape index (κ3) is 3.34. The van der Waals surface area contributed by atoms with Crippen LogP contribution >= 0.6 is 0 Å². The van der Waals surface area contributed by atoms with E-state index in [1.54, 1.807) is 0 Å². The third-order valence-electron chi connectivity index (χ3n) is 1.56. The minimum atomic E-state index is -0.857. The van der Waals surface area contributed by atoms with Crippen molar-refractivity contribution in [1.29, 1.82) is 0 Å². The van der Waals surface area contributed by atoms with Crippen LogP contribution < -0.4 is 5.32 Å². The van der Waals surface area contributed by atoms with E-state index in [0.29, 0.717) is 6.07 Å². The van der Waals surface area contributed by atoms with Crippen LogP contribution in [0.4, 0.5) is 14.5 Å². The molecule has 15 heavy (non-hydrogen) atoms. The van der Waals surface area contributed by atoms with Gasteiger partial charge in [-0.25, -0.2) is 8.78 Å². The number of anilines is 1. The van der Waals surface area contributed by atoms with Crippen molar-refractivity contribution in [3.05, 3.63) is 29.8 Å². The van der Waals surface area contributed by atoms with Crippen LogP contribution in [-0.4, -0.2) is 17.3 Å². The van der Waals surface area contributed by atoms with Crippen LogP contribution in [0, 0.1) is 11.6 Å². The molecule has 0 aliphatic rings. The van der Waals surface area contributed by atoms with Crippen LogP contribution in [0.5, 0.6) is 0 Å². The van der Waals surface area contributed by atoms with Gasteiger partial charge in [0.05, 0.1) is 18.3 Å². The molecule has 0 saturated carbocycles. The zero-order valence-corrected chi connectivity index (χ0v) is 7.58. The van der Waals surface area contributed by atoms with Gasteiger partial charge >= 0.3 is 0 Å². The van der Waals surface area contributed by atoms with Gasteiger partial charge in [-0.3, -0.25) is 4.79 Å². The van der Waals surface area contributed by atoms with Gasteiger partial charge in [-0.05, 0) is 12.1 Å². The summed E-state index contributed by atoms with van der Waals surface area (Å²) in [6.07, 6.45) is 0.768. The number of carbonyl (C=O) groups excluding carboxylic acids is 1. The minimum Gasteiger partial charge on any atom is -0.411 e. The lowest BCUT2D eigenvalue weighted by atomic mass is 10.3. The second-order valence-corrected chi connectivity index (χ2v) is 2.67. The summed E-state index contributed by atoms with van der Waals surface area (Å²) in [4.78, 5) is 11.0.